The van der Waals surface area contributed by atoms with Crippen LogP contribution in [0, 0.1) is 17.0 Å². The van der Waals surface area contributed by atoms with Gasteiger partial charge in [-0.05, 0) is 51.2 Å². The van der Waals surface area contributed by atoms with Gasteiger partial charge in [0.25, 0.3) is 5.69 Å². The predicted octanol–water partition coefficient (Wildman–Crippen LogP) is 2.75. The molecule has 20 heavy (non-hydrogen) atoms. The van der Waals surface area contributed by atoms with Crippen molar-refractivity contribution in [3.63, 3.8) is 0 Å². The quantitative estimate of drug-likeness (QED) is 0.665. The lowest BCUT2D eigenvalue weighted by Crippen LogP contribution is -2.55. The van der Waals surface area contributed by atoms with Crippen molar-refractivity contribution in [1.29, 1.82) is 0 Å². The number of benzene rings is 1. The number of rotatable bonds is 2. The largest absolute Gasteiger partial charge is 0.365 e. The molecular formula is C15H21N3O2. The van der Waals surface area contributed by atoms with Gasteiger partial charge >= 0.3 is 0 Å². The second-order valence-corrected chi connectivity index (χ2v) is 6.11. The lowest BCUT2D eigenvalue weighted by atomic mass is 9.81. The van der Waals surface area contributed by atoms with Crippen LogP contribution in [0.5, 0.6) is 0 Å². The Kier molecular flexibility index (Phi) is 3.38. The van der Waals surface area contributed by atoms with Gasteiger partial charge in [-0.15, -0.1) is 0 Å². The van der Waals surface area contributed by atoms with E-state index in [9.17, 15) is 10.1 Å². The number of nitrogens with two attached hydrogens (primary N) is 1. The lowest BCUT2D eigenvalue weighted by molar-refractivity contribution is -0.385. The summed E-state index contributed by atoms with van der Waals surface area (Å²) in [4.78, 5) is 13.1. The molecule has 0 radical (unpaired) electrons. The van der Waals surface area contributed by atoms with Crippen molar-refractivity contribution in [3.8, 4) is 0 Å². The third-order valence-electron chi connectivity index (χ3n) is 4.69. The number of hydrogen-bond donors (Lipinski definition) is 1. The van der Waals surface area contributed by atoms with Gasteiger partial charge in [0.2, 0.25) is 0 Å². The van der Waals surface area contributed by atoms with Crippen LogP contribution in [-0.4, -0.2) is 23.0 Å². The molecule has 0 aromatic heterocycles. The highest BCUT2D eigenvalue weighted by atomic mass is 16.6. The van der Waals surface area contributed by atoms with Gasteiger partial charge in [-0.3, -0.25) is 10.1 Å². The van der Waals surface area contributed by atoms with Gasteiger partial charge in [0.05, 0.1) is 4.92 Å². The molecule has 2 N–H and O–H groups in total. The van der Waals surface area contributed by atoms with Crippen LogP contribution < -0.4 is 10.6 Å². The smallest absolute Gasteiger partial charge is 0.272 e. The van der Waals surface area contributed by atoms with Crippen LogP contribution in [0.1, 0.15) is 37.7 Å². The Balaban J connectivity index is 1.92. The van der Waals surface area contributed by atoms with Gasteiger partial charge in [0, 0.05) is 35.4 Å². The Bertz CT molecular complexity index is 518. The van der Waals surface area contributed by atoms with Crippen LogP contribution in [0.4, 0.5) is 11.4 Å². The van der Waals surface area contributed by atoms with E-state index in [1.54, 1.807) is 6.07 Å². The van der Waals surface area contributed by atoms with Crippen LogP contribution in [0.15, 0.2) is 18.2 Å². The molecule has 0 aliphatic carbocycles. The fourth-order valence-electron chi connectivity index (χ4n) is 3.85. The first-order valence-electron chi connectivity index (χ1n) is 7.35. The molecule has 2 heterocycles. The molecule has 0 amide bonds. The van der Waals surface area contributed by atoms with Crippen molar-refractivity contribution in [2.45, 2.75) is 57.2 Å². The van der Waals surface area contributed by atoms with Crippen LogP contribution >= 0.6 is 0 Å². The van der Waals surface area contributed by atoms with Crippen LogP contribution in [-0.2, 0) is 0 Å². The molecule has 3 rings (SSSR count). The SMILES string of the molecule is Cc1cc(N2C3CCCC2CC(N)C3)ccc1[N+](=O)[O-]. The van der Waals surface area contributed by atoms with Gasteiger partial charge < -0.3 is 10.6 Å². The minimum absolute atomic E-state index is 0.202. The van der Waals surface area contributed by atoms with E-state index in [1.807, 2.05) is 19.1 Å². The number of fused-ring (bicyclic) bond motifs is 2. The van der Waals surface area contributed by atoms with E-state index in [-0.39, 0.29) is 10.6 Å². The van der Waals surface area contributed by atoms with Crippen LogP contribution in [0.2, 0.25) is 0 Å². The second-order valence-electron chi connectivity index (χ2n) is 6.11. The Morgan fingerprint density at radius 3 is 2.50 bits per heavy atom. The molecule has 2 atom stereocenters. The van der Waals surface area contributed by atoms with Gasteiger partial charge in [-0.1, -0.05) is 0 Å². The fourth-order valence-corrected chi connectivity index (χ4v) is 3.85. The van der Waals surface area contributed by atoms with E-state index in [1.165, 1.54) is 19.3 Å². The minimum atomic E-state index is -0.313. The highest BCUT2D eigenvalue weighted by molar-refractivity contribution is 5.57. The average Bonchev–Trinajstić information content (AvgIpc) is 2.36. The average molecular weight is 275 g/mol. The summed E-state index contributed by atoms with van der Waals surface area (Å²) in [6.07, 6.45) is 5.70. The summed E-state index contributed by atoms with van der Waals surface area (Å²) in [5.74, 6) is 0. The maximum Gasteiger partial charge on any atom is 0.272 e. The number of hydrogen-bond acceptors (Lipinski definition) is 4. The molecule has 108 valence electrons. The zero-order valence-electron chi connectivity index (χ0n) is 11.8. The molecule has 2 aliphatic rings. The fraction of sp³-hybridized carbons (Fsp3) is 0.600. The monoisotopic (exact) mass is 275 g/mol. The van der Waals surface area contributed by atoms with E-state index in [0.717, 1.165) is 24.1 Å². The first kappa shape index (κ1) is 13.4. The molecule has 1 aromatic rings. The van der Waals surface area contributed by atoms with E-state index in [0.29, 0.717) is 18.1 Å². The first-order chi connectivity index (χ1) is 9.56. The minimum Gasteiger partial charge on any atom is -0.365 e. The molecule has 0 spiro atoms. The van der Waals surface area contributed by atoms with Crippen molar-refractivity contribution >= 4 is 11.4 Å². The standard InChI is InChI=1S/C15H21N3O2/c1-10-7-14(5-6-15(10)18(19)20)17-12-3-2-4-13(17)9-11(16)8-12/h5-7,11-13H,2-4,8-9,16H2,1H3. The second kappa shape index (κ2) is 5.05. The van der Waals surface area contributed by atoms with Crippen molar-refractivity contribution in [3.05, 3.63) is 33.9 Å². The molecule has 2 bridgehead atoms. The number of aryl methyl sites for hydroxylation is 1. The zero-order chi connectivity index (χ0) is 14.3. The van der Waals surface area contributed by atoms with Crippen molar-refractivity contribution < 1.29 is 4.92 Å². The number of nitrogens with zero attached hydrogens (tertiary/aromatic N) is 2. The van der Waals surface area contributed by atoms with E-state index in [2.05, 4.69) is 4.90 Å². The molecule has 2 saturated heterocycles. The van der Waals surface area contributed by atoms with Crippen LogP contribution in [0.25, 0.3) is 0 Å². The maximum atomic E-state index is 10.9. The zero-order valence-corrected chi connectivity index (χ0v) is 11.8. The third kappa shape index (κ3) is 2.26. The van der Waals surface area contributed by atoms with Crippen molar-refractivity contribution in [2.75, 3.05) is 4.90 Å². The highest BCUT2D eigenvalue weighted by Crippen LogP contribution is 2.38. The summed E-state index contributed by atoms with van der Waals surface area (Å²) in [7, 11) is 0. The molecule has 2 fully saturated rings. The van der Waals surface area contributed by atoms with Gasteiger partial charge in [0.1, 0.15) is 0 Å². The van der Waals surface area contributed by atoms with Crippen LogP contribution in [0.3, 0.4) is 0 Å². The summed E-state index contributed by atoms with van der Waals surface area (Å²) in [6, 6.07) is 6.79. The maximum absolute atomic E-state index is 10.9. The topological polar surface area (TPSA) is 72.4 Å². The third-order valence-corrected chi connectivity index (χ3v) is 4.69. The summed E-state index contributed by atoms with van der Waals surface area (Å²) in [5.41, 5.74) is 8.20. The Labute approximate surface area is 118 Å². The summed E-state index contributed by atoms with van der Waals surface area (Å²) in [5, 5.41) is 10.9. The summed E-state index contributed by atoms with van der Waals surface area (Å²) >= 11 is 0. The molecule has 5 nitrogen and oxygen atoms in total. The van der Waals surface area contributed by atoms with Gasteiger partial charge in [-0.2, -0.15) is 0 Å². The molecule has 2 aliphatic heterocycles. The highest BCUT2D eigenvalue weighted by Gasteiger charge is 2.37. The number of piperidine rings is 2. The van der Waals surface area contributed by atoms with Gasteiger partial charge in [-0.25, -0.2) is 0 Å². The van der Waals surface area contributed by atoms with Crippen molar-refractivity contribution in [1.82, 2.24) is 0 Å². The van der Waals surface area contributed by atoms with E-state index in [4.69, 9.17) is 5.73 Å². The normalized spacial score (nSPS) is 29.3. The number of nitro groups is 1. The predicted molar refractivity (Wildman–Crippen MR) is 78.9 cm³/mol. The molecule has 5 heteroatoms. The van der Waals surface area contributed by atoms with E-state index >= 15 is 0 Å². The van der Waals surface area contributed by atoms with Gasteiger partial charge in [0.15, 0.2) is 0 Å². The molecule has 1 aromatic carbocycles. The molecule has 2 unspecified atom stereocenters. The molecular weight excluding hydrogens is 254 g/mol. The number of nitro benzene ring substituents is 1. The molecule has 0 saturated carbocycles. The first-order valence-corrected chi connectivity index (χ1v) is 7.35. The number of anilines is 1. The Morgan fingerprint density at radius 1 is 1.30 bits per heavy atom. The summed E-state index contributed by atoms with van der Waals surface area (Å²) < 4.78 is 0. The lowest BCUT2D eigenvalue weighted by Gasteiger charge is -2.49. The summed E-state index contributed by atoms with van der Waals surface area (Å²) in [6.45, 7) is 1.81. The Hall–Kier alpha value is -1.62. The Morgan fingerprint density at radius 2 is 1.95 bits per heavy atom. The van der Waals surface area contributed by atoms with E-state index < -0.39 is 0 Å². The van der Waals surface area contributed by atoms with Crippen molar-refractivity contribution in [2.24, 2.45) is 5.73 Å².